The molecule has 1 aromatic rings. The number of amides is 1. The first kappa shape index (κ1) is 19.5. The van der Waals surface area contributed by atoms with Gasteiger partial charge in [-0.2, -0.15) is 5.26 Å². The van der Waals surface area contributed by atoms with Gasteiger partial charge in [-0.05, 0) is 62.3 Å². The van der Waals surface area contributed by atoms with Crippen molar-refractivity contribution in [2.75, 3.05) is 13.2 Å². The summed E-state index contributed by atoms with van der Waals surface area (Å²) >= 11 is 0. The molecule has 5 heteroatoms. The molecular weight excluding hydrogens is 326 g/mol. The minimum absolute atomic E-state index is 0.273. The van der Waals surface area contributed by atoms with E-state index in [1.54, 1.807) is 23.2 Å². The maximum atomic E-state index is 12.4. The molecule has 2 heterocycles. The highest BCUT2D eigenvalue weighted by atomic mass is 16.6. The Hall–Kier alpha value is -2.79. The zero-order chi connectivity index (χ0) is 19.2. The molecular formula is C21H25N3O2. The van der Waals surface area contributed by atoms with Crippen LogP contribution in [0.3, 0.4) is 0 Å². The Labute approximate surface area is 155 Å². The summed E-state index contributed by atoms with van der Waals surface area (Å²) in [5.74, 6) is 6.30. The molecule has 1 aromatic heterocycles. The van der Waals surface area contributed by atoms with Gasteiger partial charge in [-0.1, -0.05) is 19.8 Å². The number of rotatable bonds is 2. The minimum atomic E-state index is -0.442. The van der Waals surface area contributed by atoms with E-state index in [0.29, 0.717) is 30.3 Å². The average Bonchev–Trinajstić information content (AvgIpc) is 2.61. The Bertz CT molecular complexity index is 791. The van der Waals surface area contributed by atoms with Crippen LogP contribution in [0.15, 0.2) is 30.0 Å². The molecule has 1 saturated heterocycles. The molecule has 0 saturated carbocycles. The molecule has 1 aliphatic heterocycles. The van der Waals surface area contributed by atoms with E-state index in [1.807, 2.05) is 33.8 Å². The Morgan fingerprint density at radius 1 is 1.50 bits per heavy atom. The fourth-order valence-corrected chi connectivity index (χ4v) is 2.84. The first-order chi connectivity index (χ1) is 12.3. The van der Waals surface area contributed by atoms with Crippen molar-refractivity contribution in [3.63, 3.8) is 0 Å². The third-order valence-corrected chi connectivity index (χ3v) is 4.38. The molecule has 0 unspecified atom stereocenters. The number of carbonyl (C=O) groups is 1. The van der Waals surface area contributed by atoms with Crippen molar-refractivity contribution in [3.05, 3.63) is 41.2 Å². The predicted octanol–water partition coefficient (Wildman–Crippen LogP) is 3.90. The van der Waals surface area contributed by atoms with Gasteiger partial charge in [0, 0.05) is 12.7 Å². The summed E-state index contributed by atoms with van der Waals surface area (Å²) in [6.45, 7) is 9.18. The lowest BCUT2D eigenvalue weighted by Gasteiger charge is -2.43. The van der Waals surface area contributed by atoms with Gasteiger partial charge in [-0.15, -0.1) is 0 Å². The second kappa shape index (κ2) is 8.54. The van der Waals surface area contributed by atoms with E-state index >= 15 is 0 Å². The van der Waals surface area contributed by atoms with Gasteiger partial charge in [0.05, 0.1) is 23.8 Å². The highest BCUT2D eigenvalue weighted by molar-refractivity contribution is 5.70. The van der Waals surface area contributed by atoms with Crippen LogP contribution in [0.4, 0.5) is 4.79 Å². The quantitative estimate of drug-likeness (QED) is 0.758. The van der Waals surface area contributed by atoms with Gasteiger partial charge in [0.2, 0.25) is 0 Å². The Morgan fingerprint density at radius 3 is 2.96 bits per heavy atom. The summed E-state index contributed by atoms with van der Waals surface area (Å²) in [5, 5.41) is 8.93. The molecule has 0 N–H and O–H groups in total. The number of nitriles is 1. The SMILES string of the molecule is CC(C)COC(=O)N1CCC/C(=C\C#Cc2cc(C#N)ccn2)C1(C)C. The molecule has 0 aromatic carbocycles. The van der Waals surface area contributed by atoms with Crippen LogP contribution in [0.25, 0.3) is 0 Å². The van der Waals surface area contributed by atoms with E-state index in [-0.39, 0.29) is 6.09 Å². The van der Waals surface area contributed by atoms with Crippen molar-refractivity contribution in [2.45, 2.75) is 46.1 Å². The molecule has 5 nitrogen and oxygen atoms in total. The van der Waals surface area contributed by atoms with Crippen LogP contribution in [-0.4, -0.2) is 34.7 Å². The van der Waals surface area contributed by atoms with Gasteiger partial charge in [0.15, 0.2) is 0 Å². The van der Waals surface area contributed by atoms with Crippen LogP contribution in [-0.2, 0) is 4.74 Å². The Kier molecular flexibility index (Phi) is 6.41. The molecule has 136 valence electrons. The maximum absolute atomic E-state index is 12.4. The average molecular weight is 351 g/mol. The first-order valence-corrected chi connectivity index (χ1v) is 8.86. The molecule has 0 bridgehead atoms. The Balaban J connectivity index is 2.16. The largest absolute Gasteiger partial charge is 0.449 e. The second-order valence-corrected chi connectivity index (χ2v) is 7.27. The van der Waals surface area contributed by atoms with Crippen LogP contribution in [0.1, 0.15) is 51.8 Å². The molecule has 26 heavy (non-hydrogen) atoms. The number of hydrogen-bond acceptors (Lipinski definition) is 4. The normalized spacial score (nSPS) is 17.4. The lowest BCUT2D eigenvalue weighted by atomic mass is 9.84. The van der Waals surface area contributed by atoms with Crippen LogP contribution in [0.5, 0.6) is 0 Å². The van der Waals surface area contributed by atoms with Crippen molar-refractivity contribution in [3.8, 4) is 17.9 Å². The van der Waals surface area contributed by atoms with Crippen molar-refractivity contribution >= 4 is 6.09 Å². The van der Waals surface area contributed by atoms with Gasteiger partial charge in [-0.25, -0.2) is 9.78 Å². The highest BCUT2D eigenvalue weighted by Crippen LogP contribution is 2.33. The zero-order valence-electron chi connectivity index (χ0n) is 15.9. The lowest BCUT2D eigenvalue weighted by molar-refractivity contribution is 0.0563. The molecule has 1 fully saturated rings. The first-order valence-electron chi connectivity index (χ1n) is 8.86. The number of pyridine rings is 1. The summed E-state index contributed by atoms with van der Waals surface area (Å²) in [6.07, 6.45) is 4.94. The number of allylic oxidation sites excluding steroid dienone is 1. The number of aromatic nitrogens is 1. The Morgan fingerprint density at radius 2 is 2.27 bits per heavy atom. The zero-order valence-corrected chi connectivity index (χ0v) is 15.9. The van der Waals surface area contributed by atoms with Crippen LogP contribution in [0, 0.1) is 29.1 Å². The number of hydrogen-bond donors (Lipinski definition) is 0. The summed E-state index contributed by atoms with van der Waals surface area (Å²) in [4.78, 5) is 18.4. The van der Waals surface area contributed by atoms with Crippen LogP contribution in [0.2, 0.25) is 0 Å². The molecule has 2 rings (SSSR count). The fourth-order valence-electron chi connectivity index (χ4n) is 2.84. The van der Waals surface area contributed by atoms with E-state index in [1.165, 1.54) is 0 Å². The third-order valence-electron chi connectivity index (χ3n) is 4.38. The van der Waals surface area contributed by atoms with E-state index in [4.69, 9.17) is 10.00 Å². The monoisotopic (exact) mass is 351 g/mol. The topological polar surface area (TPSA) is 66.2 Å². The van der Waals surface area contributed by atoms with Crippen molar-refractivity contribution in [2.24, 2.45) is 5.92 Å². The summed E-state index contributed by atoms with van der Waals surface area (Å²) in [5.41, 5.74) is 1.74. The van der Waals surface area contributed by atoms with Gasteiger partial charge >= 0.3 is 6.09 Å². The van der Waals surface area contributed by atoms with Gasteiger partial charge in [0.25, 0.3) is 0 Å². The van der Waals surface area contributed by atoms with Crippen molar-refractivity contribution in [1.29, 1.82) is 5.26 Å². The van der Waals surface area contributed by atoms with E-state index in [9.17, 15) is 4.79 Å². The highest BCUT2D eigenvalue weighted by Gasteiger charge is 2.37. The van der Waals surface area contributed by atoms with Gasteiger partial charge < -0.3 is 4.74 Å². The number of ether oxygens (including phenoxy) is 1. The second-order valence-electron chi connectivity index (χ2n) is 7.27. The third kappa shape index (κ3) is 4.86. The van der Waals surface area contributed by atoms with E-state index < -0.39 is 5.54 Å². The molecule has 1 aliphatic rings. The van der Waals surface area contributed by atoms with Crippen molar-refractivity contribution in [1.82, 2.24) is 9.88 Å². The number of piperidine rings is 1. The number of nitrogens with zero attached hydrogens (tertiary/aromatic N) is 3. The fraction of sp³-hybridized carbons (Fsp3) is 0.476. The molecule has 0 spiro atoms. The summed E-state index contributed by atoms with van der Waals surface area (Å²) < 4.78 is 5.41. The van der Waals surface area contributed by atoms with Crippen LogP contribution < -0.4 is 0 Å². The molecule has 0 radical (unpaired) electrons. The van der Waals surface area contributed by atoms with Crippen LogP contribution >= 0.6 is 0 Å². The van der Waals surface area contributed by atoms with E-state index in [2.05, 4.69) is 22.9 Å². The minimum Gasteiger partial charge on any atom is -0.449 e. The molecule has 1 amide bonds. The molecule has 0 aliphatic carbocycles. The van der Waals surface area contributed by atoms with Crippen molar-refractivity contribution < 1.29 is 9.53 Å². The maximum Gasteiger partial charge on any atom is 0.410 e. The van der Waals surface area contributed by atoms with Gasteiger partial charge in [-0.3, -0.25) is 4.90 Å². The predicted molar refractivity (Wildman–Crippen MR) is 100 cm³/mol. The van der Waals surface area contributed by atoms with E-state index in [0.717, 1.165) is 18.4 Å². The van der Waals surface area contributed by atoms with Gasteiger partial charge in [0.1, 0.15) is 5.69 Å². The lowest BCUT2D eigenvalue weighted by Crippen LogP contribution is -2.52. The summed E-state index contributed by atoms with van der Waals surface area (Å²) in [6, 6.07) is 5.38. The number of carbonyl (C=O) groups excluding carboxylic acids is 1. The smallest absolute Gasteiger partial charge is 0.410 e. The summed E-state index contributed by atoms with van der Waals surface area (Å²) in [7, 11) is 0. The molecule has 0 atom stereocenters. The standard InChI is InChI=1S/C21H25N3O2/c1-16(2)15-26-20(25)24-12-6-8-18(21(24,3)4)7-5-9-19-13-17(14-22)10-11-23-19/h7,10-11,13,16H,6,8,12,15H2,1-4H3/b18-7+. The number of likely N-dealkylation sites (tertiary alicyclic amines) is 1.